The van der Waals surface area contributed by atoms with Crippen molar-refractivity contribution in [2.45, 2.75) is 6.54 Å². The zero-order valence-electron chi connectivity index (χ0n) is 10.2. The van der Waals surface area contributed by atoms with Crippen molar-refractivity contribution < 1.29 is 14.8 Å². The number of carbonyl (C=O) groups is 1. The molecule has 0 unspecified atom stereocenters. The van der Waals surface area contributed by atoms with E-state index >= 15 is 0 Å². The summed E-state index contributed by atoms with van der Waals surface area (Å²) >= 11 is 0. The number of carboxylic acids is 1. The Morgan fingerprint density at radius 2 is 2.00 bits per heavy atom. The molecular weight excluding hydrogens is 264 g/mol. The van der Waals surface area contributed by atoms with Gasteiger partial charge >= 0.3 is 5.97 Å². The van der Waals surface area contributed by atoms with E-state index in [1.165, 1.54) is 24.4 Å². The van der Waals surface area contributed by atoms with Crippen LogP contribution < -0.4 is 5.32 Å². The molecule has 2 rings (SSSR count). The number of aromatic nitrogens is 2. The van der Waals surface area contributed by atoms with Gasteiger partial charge in [0.15, 0.2) is 5.82 Å². The first-order valence-corrected chi connectivity index (χ1v) is 5.60. The second-order valence-corrected chi connectivity index (χ2v) is 3.88. The Balaban J connectivity index is 2.09. The van der Waals surface area contributed by atoms with E-state index < -0.39 is 10.9 Å². The first-order chi connectivity index (χ1) is 9.58. The molecule has 0 bridgehead atoms. The second-order valence-electron chi connectivity index (χ2n) is 3.88. The van der Waals surface area contributed by atoms with Gasteiger partial charge in [-0.25, -0.2) is 4.79 Å². The van der Waals surface area contributed by atoms with Gasteiger partial charge in [0.25, 0.3) is 5.69 Å². The van der Waals surface area contributed by atoms with Crippen molar-refractivity contribution in [3.05, 3.63) is 57.8 Å². The Bertz CT molecular complexity index is 642. The Morgan fingerprint density at radius 3 is 2.60 bits per heavy atom. The Kier molecular flexibility index (Phi) is 3.85. The summed E-state index contributed by atoms with van der Waals surface area (Å²) in [5.41, 5.74) is 0.777. The molecule has 1 heterocycles. The predicted molar refractivity (Wildman–Crippen MR) is 69.4 cm³/mol. The molecule has 0 spiro atoms. The monoisotopic (exact) mass is 274 g/mol. The van der Waals surface area contributed by atoms with Crippen LogP contribution in [0.25, 0.3) is 0 Å². The largest absolute Gasteiger partial charge is 0.478 e. The molecule has 1 aromatic heterocycles. The number of aromatic carboxylic acids is 1. The lowest BCUT2D eigenvalue weighted by Crippen LogP contribution is -2.09. The molecule has 1 aromatic carbocycles. The summed E-state index contributed by atoms with van der Waals surface area (Å²) in [4.78, 5) is 21.0. The molecule has 0 fully saturated rings. The number of carboxylic acid groups (broad SMARTS) is 1. The Labute approximate surface area is 113 Å². The number of hydrogen-bond donors (Lipinski definition) is 2. The van der Waals surface area contributed by atoms with E-state index in [4.69, 9.17) is 5.11 Å². The maximum absolute atomic E-state index is 11.0. The number of non-ortho nitro benzene ring substituents is 1. The van der Waals surface area contributed by atoms with Crippen LogP contribution in [0.1, 0.15) is 15.9 Å². The molecule has 2 N–H and O–H groups in total. The zero-order valence-corrected chi connectivity index (χ0v) is 10.2. The summed E-state index contributed by atoms with van der Waals surface area (Å²) in [7, 11) is 0. The second kappa shape index (κ2) is 5.74. The number of nitrogens with one attached hydrogen (secondary N) is 1. The van der Waals surface area contributed by atoms with Crippen molar-refractivity contribution in [1.82, 2.24) is 10.2 Å². The summed E-state index contributed by atoms with van der Waals surface area (Å²) in [6.07, 6.45) is 1.29. The van der Waals surface area contributed by atoms with Gasteiger partial charge in [-0.3, -0.25) is 10.1 Å². The first-order valence-electron chi connectivity index (χ1n) is 5.60. The molecule has 102 valence electrons. The van der Waals surface area contributed by atoms with Crippen molar-refractivity contribution in [2.75, 3.05) is 5.32 Å². The quantitative estimate of drug-likeness (QED) is 0.629. The lowest BCUT2D eigenvalue weighted by Gasteiger charge is -2.07. The molecule has 2 aromatic rings. The smallest absolute Gasteiger partial charge is 0.339 e. The van der Waals surface area contributed by atoms with Gasteiger partial charge in [0.05, 0.1) is 11.1 Å². The van der Waals surface area contributed by atoms with Gasteiger partial charge in [0, 0.05) is 18.7 Å². The van der Waals surface area contributed by atoms with Crippen LogP contribution in [0.3, 0.4) is 0 Å². The standard InChI is InChI=1S/C12H10N4O4/c17-12(18)10-5-6-14-15-11(10)13-7-8-1-3-9(4-2-8)16(19)20/h1-6H,7H2,(H,13,15)(H,17,18). The SMILES string of the molecule is O=C(O)c1ccnnc1NCc1ccc([N+](=O)[O-])cc1. The van der Waals surface area contributed by atoms with Gasteiger partial charge in [0.1, 0.15) is 5.56 Å². The maximum Gasteiger partial charge on any atom is 0.339 e. The van der Waals surface area contributed by atoms with Crippen molar-refractivity contribution in [1.29, 1.82) is 0 Å². The van der Waals surface area contributed by atoms with Crippen molar-refractivity contribution >= 4 is 17.5 Å². The number of nitro groups is 1. The highest BCUT2D eigenvalue weighted by atomic mass is 16.6. The van der Waals surface area contributed by atoms with E-state index in [9.17, 15) is 14.9 Å². The first kappa shape index (κ1) is 13.4. The van der Waals surface area contributed by atoms with Gasteiger partial charge in [-0.05, 0) is 11.6 Å². The topological polar surface area (TPSA) is 118 Å². The molecule has 0 aliphatic heterocycles. The minimum atomic E-state index is -1.11. The zero-order chi connectivity index (χ0) is 14.5. The number of anilines is 1. The molecule has 0 atom stereocenters. The summed E-state index contributed by atoms with van der Waals surface area (Å²) < 4.78 is 0. The molecule has 0 saturated carbocycles. The summed E-state index contributed by atoms with van der Waals surface area (Å²) in [5, 5.41) is 29.7. The van der Waals surface area contributed by atoms with Crippen LogP contribution in [0.2, 0.25) is 0 Å². The van der Waals surface area contributed by atoms with E-state index in [-0.39, 0.29) is 23.6 Å². The van der Waals surface area contributed by atoms with E-state index in [2.05, 4.69) is 15.5 Å². The molecule has 8 heteroatoms. The summed E-state index contributed by atoms with van der Waals surface area (Å²) in [5.74, 6) is -0.954. The fraction of sp³-hybridized carbons (Fsp3) is 0.0833. The lowest BCUT2D eigenvalue weighted by atomic mass is 10.2. The molecular formula is C12H10N4O4. The highest BCUT2D eigenvalue weighted by Crippen LogP contribution is 2.14. The highest BCUT2D eigenvalue weighted by molar-refractivity contribution is 5.92. The van der Waals surface area contributed by atoms with Crippen LogP contribution >= 0.6 is 0 Å². The van der Waals surface area contributed by atoms with E-state index in [1.807, 2.05) is 0 Å². The van der Waals surface area contributed by atoms with Crippen molar-refractivity contribution in [3.63, 3.8) is 0 Å². The van der Waals surface area contributed by atoms with Gasteiger partial charge in [-0.2, -0.15) is 5.10 Å². The third kappa shape index (κ3) is 3.05. The average Bonchev–Trinajstić information content (AvgIpc) is 2.45. The van der Waals surface area contributed by atoms with E-state index in [1.54, 1.807) is 12.1 Å². The number of benzene rings is 1. The van der Waals surface area contributed by atoms with Crippen LogP contribution in [0, 0.1) is 10.1 Å². The number of rotatable bonds is 5. The minimum Gasteiger partial charge on any atom is -0.478 e. The van der Waals surface area contributed by atoms with Gasteiger partial charge in [0.2, 0.25) is 0 Å². The molecule has 20 heavy (non-hydrogen) atoms. The van der Waals surface area contributed by atoms with Gasteiger partial charge in [-0.15, -0.1) is 5.10 Å². The minimum absolute atomic E-state index is 0.000484. The number of nitro benzene ring substituents is 1. The van der Waals surface area contributed by atoms with Crippen LogP contribution in [0.15, 0.2) is 36.5 Å². The third-order valence-electron chi connectivity index (χ3n) is 2.56. The van der Waals surface area contributed by atoms with Crippen LogP contribution in [-0.2, 0) is 6.54 Å². The molecule has 0 amide bonds. The Morgan fingerprint density at radius 1 is 1.30 bits per heavy atom. The Hall–Kier alpha value is -3.03. The van der Waals surface area contributed by atoms with E-state index in [0.717, 1.165) is 5.56 Å². The fourth-order valence-corrected chi connectivity index (χ4v) is 1.56. The van der Waals surface area contributed by atoms with Gasteiger partial charge < -0.3 is 10.4 Å². The third-order valence-corrected chi connectivity index (χ3v) is 2.56. The molecule has 0 aliphatic carbocycles. The molecule has 0 radical (unpaired) electrons. The summed E-state index contributed by atoms with van der Waals surface area (Å²) in [6, 6.07) is 7.27. The maximum atomic E-state index is 11.0. The van der Waals surface area contributed by atoms with Crippen molar-refractivity contribution in [3.8, 4) is 0 Å². The number of hydrogen-bond acceptors (Lipinski definition) is 6. The van der Waals surface area contributed by atoms with Crippen LogP contribution in [0.4, 0.5) is 11.5 Å². The van der Waals surface area contributed by atoms with Crippen molar-refractivity contribution in [2.24, 2.45) is 0 Å². The lowest BCUT2D eigenvalue weighted by molar-refractivity contribution is -0.384. The average molecular weight is 274 g/mol. The highest BCUT2D eigenvalue weighted by Gasteiger charge is 2.11. The van der Waals surface area contributed by atoms with Crippen LogP contribution in [0.5, 0.6) is 0 Å². The molecule has 8 nitrogen and oxygen atoms in total. The van der Waals surface area contributed by atoms with E-state index in [0.29, 0.717) is 0 Å². The molecule has 0 saturated heterocycles. The predicted octanol–water partition coefficient (Wildman–Crippen LogP) is 1.70. The number of nitrogens with zero attached hydrogens (tertiary/aromatic N) is 3. The summed E-state index contributed by atoms with van der Waals surface area (Å²) in [6.45, 7) is 0.289. The fourth-order valence-electron chi connectivity index (χ4n) is 1.56. The molecule has 0 aliphatic rings. The van der Waals surface area contributed by atoms with Gasteiger partial charge in [-0.1, -0.05) is 12.1 Å². The normalized spacial score (nSPS) is 10.0. The van der Waals surface area contributed by atoms with Crippen LogP contribution in [-0.4, -0.2) is 26.2 Å².